The molecule has 0 aliphatic carbocycles. The molecule has 0 aliphatic rings. The van der Waals surface area contributed by atoms with Crippen molar-refractivity contribution in [1.82, 2.24) is 10.3 Å². The zero-order chi connectivity index (χ0) is 8.27. The van der Waals surface area contributed by atoms with Crippen LogP contribution in [0.3, 0.4) is 0 Å². The highest BCUT2D eigenvalue weighted by Gasteiger charge is 1.95. The normalized spacial score (nSPS) is 9.64. The highest BCUT2D eigenvalue weighted by molar-refractivity contribution is 7.09. The molecular formula is C8H12N2S. The Labute approximate surface area is 71.0 Å². The lowest BCUT2D eigenvalue weighted by Gasteiger charge is -2.00. The number of allylic oxidation sites excluding steroid dienone is 1. The Balaban J connectivity index is 2.45. The van der Waals surface area contributed by atoms with E-state index in [1.54, 1.807) is 11.3 Å². The van der Waals surface area contributed by atoms with E-state index in [4.69, 9.17) is 0 Å². The predicted octanol–water partition coefficient (Wildman–Crippen LogP) is 2.07. The fourth-order valence-corrected chi connectivity index (χ4v) is 1.34. The zero-order valence-corrected chi connectivity index (χ0v) is 7.66. The summed E-state index contributed by atoms with van der Waals surface area (Å²) in [7, 11) is 0. The molecule has 0 aliphatic heterocycles. The molecule has 0 aromatic carbocycles. The van der Waals surface area contributed by atoms with Crippen LogP contribution in [0.15, 0.2) is 17.7 Å². The lowest BCUT2D eigenvalue weighted by atomic mass is 10.4. The number of rotatable bonds is 3. The first kappa shape index (κ1) is 8.27. The maximum absolute atomic E-state index is 4.30. The summed E-state index contributed by atoms with van der Waals surface area (Å²) in [6.07, 6.45) is 0. The molecule has 0 saturated heterocycles. The SMILES string of the molecule is C=C(C)NCc1csc(C)n1. The molecule has 0 amide bonds. The quantitative estimate of drug-likeness (QED) is 0.747. The van der Waals surface area contributed by atoms with Gasteiger partial charge < -0.3 is 5.32 Å². The van der Waals surface area contributed by atoms with Gasteiger partial charge in [0.15, 0.2) is 0 Å². The van der Waals surface area contributed by atoms with E-state index >= 15 is 0 Å². The molecule has 0 atom stereocenters. The van der Waals surface area contributed by atoms with Crippen molar-refractivity contribution in [3.05, 3.63) is 28.4 Å². The van der Waals surface area contributed by atoms with Crippen LogP contribution in [-0.2, 0) is 6.54 Å². The van der Waals surface area contributed by atoms with Crippen LogP contribution in [0.5, 0.6) is 0 Å². The molecule has 0 saturated carbocycles. The van der Waals surface area contributed by atoms with Crippen molar-refractivity contribution in [2.24, 2.45) is 0 Å². The van der Waals surface area contributed by atoms with Gasteiger partial charge in [0.25, 0.3) is 0 Å². The maximum atomic E-state index is 4.30. The van der Waals surface area contributed by atoms with Crippen LogP contribution >= 0.6 is 11.3 Å². The van der Waals surface area contributed by atoms with E-state index in [-0.39, 0.29) is 0 Å². The first-order valence-electron chi connectivity index (χ1n) is 3.49. The molecule has 1 rings (SSSR count). The summed E-state index contributed by atoms with van der Waals surface area (Å²) in [6, 6.07) is 0. The number of nitrogens with one attached hydrogen (secondary N) is 1. The Morgan fingerprint density at radius 1 is 1.82 bits per heavy atom. The summed E-state index contributed by atoms with van der Waals surface area (Å²) >= 11 is 1.68. The van der Waals surface area contributed by atoms with Gasteiger partial charge in [0.1, 0.15) is 0 Å². The second-order valence-electron chi connectivity index (χ2n) is 2.49. The minimum absolute atomic E-state index is 0.791. The van der Waals surface area contributed by atoms with E-state index < -0.39 is 0 Å². The molecule has 1 heterocycles. The largest absolute Gasteiger partial charge is 0.383 e. The second kappa shape index (κ2) is 3.53. The second-order valence-corrected chi connectivity index (χ2v) is 3.55. The Kier molecular flexibility index (Phi) is 2.65. The molecule has 0 spiro atoms. The van der Waals surface area contributed by atoms with Crippen LogP contribution in [-0.4, -0.2) is 4.98 Å². The van der Waals surface area contributed by atoms with E-state index in [0.717, 1.165) is 22.9 Å². The molecule has 3 heteroatoms. The number of hydrogen-bond donors (Lipinski definition) is 1. The smallest absolute Gasteiger partial charge is 0.0898 e. The Morgan fingerprint density at radius 2 is 2.55 bits per heavy atom. The third-order valence-electron chi connectivity index (χ3n) is 1.24. The molecule has 0 fully saturated rings. The van der Waals surface area contributed by atoms with E-state index in [2.05, 4.69) is 22.3 Å². The highest BCUT2D eigenvalue weighted by Crippen LogP contribution is 2.07. The molecule has 60 valence electrons. The molecule has 1 N–H and O–H groups in total. The van der Waals surface area contributed by atoms with Crippen molar-refractivity contribution in [2.75, 3.05) is 0 Å². The van der Waals surface area contributed by atoms with Gasteiger partial charge in [-0.25, -0.2) is 4.98 Å². The third kappa shape index (κ3) is 2.72. The van der Waals surface area contributed by atoms with E-state index in [9.17, 15) is 0 Å². The van der Waals surface area contributed by atoms with Crippen molar-refractivity contribution < 1.29 is 0 Å². The van der Waals surface area contributed by atoms with Gasteiger partial charge in [-0.3, -0.25) is 0 Å². The summed E-state index contributed by atoms with van der Waals surface area (Å²) in [6.45, 7) is 8.49. The van der Waals surface area contributed by atoms with Crippen molar-refractivity contribution >= 4 is 11.3 Å². The van der Waals surface area contributed by atoms with Crippen LogP contribution in [0.4, 0.5) is 0 Å². The molecule has 1 aromatic rings. The van der Waals surface area contributed by atoms with Gasteiger partial charge in [0.2, 0.25) is 0 Å². The molecule has 0 unspecified atom stereocenters. The summed E-state index contributed by atoms with van der Waals surface area (Å²) in [5.74, 6) is 0. The number of aromatic nitrogens is 1. The fourth-order valence-electron chi connectivity index (χ4n) is 0.731. The first-order chi connectivity index (χ1) is 5.18. The van der Waals surface area contributed by atoms with Crippen molar-refractivity contribution in [3.63, 3.8) is 0 Å². The van der Waals surface area contributed by atoms with Crippen LogP contribution < -0.4 is 5.32 Å². The van der Waals surface area contributed by atoms with E-state index in [1.807, 2.05) is 13.8 Å². The van der Waals surface area contributed by atoms with Gasteiger partial charge >= 0.3 is 0 Å². The topological polar surface area (TPSA) is 24.9 Å². The molecule has 11 heavy (non-hydrogen) atoms. The van der Waals surface area contributed by atoms with Gasteiger partial charge in [-0.15, -0.1) is 11.3 Å². The number of hydrogen-bond acceptors (Lipinski definition) is 3. The Bertz CT molecular complexity index is 252. The highest BCUT2D eigenvalue weighted by atomic mass is 32.1. The van der Waals surface area contributed by atoms with Crippen LogP contribution in [0.25, 0.3) is 0 Å². The minimum Gasteiger partial charge on any atom is -0.383 e. The van der Waals surface area contributed by atoms with Crippen molar-refractivity contribution in [2.45, 2.75) is 20.4 Å². The van der Waals surface area contributed by atoms with Crippen LogP contribution in [0, 0.1) is 6.92 Å². The monoisotopic (exact) mass is 168 g/mol. The molecule has 1 aromatic heterocycles. The van der Waals surface area contributed by atoms with Gasteiger partial charge in [0, 0.05) is 11.1 Å². The Hall–Kier alpha value is -0.830. The lowest BCUT2D eigenvalue weighted by Crippen LogP contribution is -2.09. The minimum atomic E-state index is 0.791. The van der Waals surface area contributed by atoms with Crippen molar-refractivity contribution in [1.29, 1.82) is 0 Å². The average Bonchev–Trinajstić information content (AvgIpc) is 2.31. The van der Waals surface area contributed by atoms with Crippen LogP contribution in [0.1, 0.15) is 17.6 Å². The van der Waals surface area contributed by atoms with E-state index in [0.29, 0.717) is 0 Å². The zero-order valence-electron chi connectivity index (χ0n) is 6.85. The number of nitrogens with zero attached hydrogens (tertiary/aromatic N) is 1. The summed E-state index contributed by atoms with van der Waals surface area (Å²) in [5, 5.41) is 6.30. The maximum Gasteiger partial charge on any atom is 0.0898 e. The molecule has 0 bridgehead atoms. The molecular weight excluding hydrogens is 156 g/mol. The average molecular weight is 168 g/mol. The van der Waals surface area contributed by atoms with Gasteiger partial charge in [-0.05, 0) is 13.8 Å². The third-order valence-corrected chi connectivity index (χ3v) is 2.06. The summed E-state index contributed by atoms with van der Waals surface area (Å²) < 4.78 is 0. The predicted molar refractivity (Wildman–Crippen MR) is 48.5 cm³/mol. The van der Waals surface area contributed by atoms with Gasteiger partial charge in [-0.1, -0.05) is 6.58 Å². The molecule has 0 radical (unpaired) electrons. The summed E-state index contributed by atoms with van der Waals surface area (Å²) in [4.78, 5) is 4.30. The lowest BCUT2D eigenvalue weighted by molar-refractivity contribution is 0.794. The first-order valence-corrected chi connectivity index (χ1v) is 4.37. The standard InChI is InChI=1S/C8H12N2S/c1-6(2)9-4-8-5-11-7(3)10-8/h5,9H,1,4H2,2-3H3. The van der Waals surface area contributed by atoms with Crippen molar-refractivity contribution in [3.8, 4) is 0 Å². The fraction of sp³-hybridized carbons (Fsp3) is 0.375. The number of aryl methyl sites for hydroxylation is 1. The summed E-state index contributed by atoms with van der Waals surface area (Å²) in [5.41, 5.74) is 2.08. The van der Waals surface area contributed by atoms with E-state index in [1.165, 1.54) is 0 Å². The Morgan fingerprint density at radius 3 is 3.00 bits per heavy atom. The van der Waals surface area contributed by atoms with Gasteiger partial charge in [0.05, 0.1) is 17.2 Å². The number of thiazole rings is 1. The van der Waals surface area contributed by atoms with Crippen LogP contribution in [0.2, 0.25) is 0 Å². The van der Waals surface area contributed by atoms with Gasteiger partial charge in [-0.2, -0.15) is 0 Å². The molecule has 2 nitrogen and oxygen atoms in total.